The van der Waals surface area contributed by atoms with Gasteiger partial charge in [-0.3, -0.25) is 0 Å². The van der Waals surface area contributed by atoms with Crippen molar-refractivity contribution in [1.82, 2.24) is 9.88 Å². The topological polar surface area (TPSA) is 68.5 Å². The van der Waals surface area contributed by atoms with E-state index in [9.17, 15) is 4.79 Å². The molecular formula is C19H35N3O2. The Labute approximate surface area is 147 Å². The normalized spacial score (nSPS) is 12.9. The molecule has 2 rings (SSSR count). The van der Waals surface area contributed by atoms with Crippen molar-refractivity contribution in [3.05, 3.63) is 22.9 Å². The lowest BCUT2D eigenvalue weighted by Gasteiger charge is -2.32. The van der Waals surface area contributed by atoms with Crippen LogP contribution in [0.15, 0.2) is 6.20 Å². The van der Waals surface area contributed by atoms with Gasteiger partial charge in [0.2, 0.25) is 0 Å². The average Bonchev–Trinajstić information content (AvgIpc) is 2.56. The molecule has 1 aromatic rings. The average molecular weight is 338 g/mol. The first-order valence-electron chi connectivity index (χ1n) is 9.05. The van der Waals surface area contributed by atoms with E-state index in [4.69, 9.17) is 10.5 Å². The monoisotopic (exact) mass is 337 g/mol. The molecule has 1 aliphatic heterocycles. The molecule has 0 saturated heterocycles. The second-order valence-electron chi connectivity index (χ2n) is 6.13. The number of nitrogens with two attached hydrogens (primary N) is 1. The largest absolute Gasteiger partial charge is 0.444 e. The van der Waals surface area contributed by atoms with Gasteiger partial charge in [-0.25, -0.2) is 9.78 Å². The molecule has 0 saturated carbocycles. The molecule has 0 bridgehead atoms. The van der Waals surface area contributed by atoms with E-state index in [1.807, 2.05) is 48.5 Å². The molecule has 0 radical (unpaired) electrons. The molecule has 1 amide bonds. The molecule has 0 atom stereocenters. The van der Waals surface area contributed by atoms with E-state index in [0.717, 1.165) is 24.0 Å². The fourth-order valence-electron chi connectivity index (χ4n) is 2.51. The third-order valence-electron chi connectivity index (χ3n) is 3.42. The van der Waals surface area contributed by atoms with Crippen molar-refractivity contribution in [3.8, 4) is 0 Å². The Hall–Kier alpha value is -1.78. The summed E-state index contributed by atoms with van der Waals surface area (Å²) in [6, 6.07) is 0. The van der Waals surface area contributed by atoms with Gasteiger partial charge in [-0.1, -0.05) is 34.6 Å². The smallest absolute Gasteiger partial charge is 0.410 e. The number of hydrogen-bond donors (Lipinski definition) is 1. The molecule has 2 N–H and O–H groups in total. The minimum Gasteiger partial charge on any atom is -0.444 e. The van der Waals surface area contributed by atoms with Gasteiger partial charge in [-0.15, -0.1) is 0 Å². The minimum atomic E-state index is -0.467. The van der Waals surface area contributed by atoms with Crippen LogP contribution in [0.1, 0.15) is 72.1 Å². The van der Waals surface area contributed by atoms with E-state index in [-0.39, 0.29) is 6.09 Å². The van der Waals surface area contributed by atoms with E-state index in [1.54, 1.807) is 11.1 Å². The number of anilines is 1. The molecular weight excluding hydrogens is 302 g/mol. The number of fused-ring (bicyclic) bond motifs is 1. The van der Waals surface area contributed by atoms with Crippen LogP contribution >= 0.6 is 0 Å². The van der Waals surface area contributed by atoms with E-state index < -0.39 is 5.60 Å². The van der Waals surface area contributed by atoms with Crippen molar-refractivity contribution in [2.75, 3.05) is 12.3 Å². The van der Waals surface area contributed by atoms with Crippen LogP contribution in [0.2, 0.25) is 0 Å². The fourth-order valence-corrected chi connectivity index (χ4v) is 2.51. The van der Waals surface area contributed by atoms with Crippen LogP contribution < -0.4 is 5.73 Å². The Bertz CT molecular complexity index is 522. The summed E-state index contributed by atoms with van der Waals surface area (Å²) in [4.78, 5) is 18.1. The van der Waals surface area contributed by atoms with E-state index in [2.05, 4.69) is 11.9 Å². The van der Waals surface area contributed by atoms with Crippen molar-refractivity contribution >= 4 is 11.9 Å². The van der Waals surface area contributed by atoms with Gasteiger partial charge in [0, 0.05) is 12.7 Å². The van der Waals surface area contributed by atoms with Crippen LogP contribution in [0, 0.1) is 0 Å². The lowest BCUT2D eigenvalue weighted by Crippen LogP contribution is -2.40. The van der Waals surface area contributed by atoms with E-state index in [1.165, 1.54) is 5.56 Å². The number of carbonyl (C=O) groups excluding carboxylic acids is 1. The summed E-state index contributed by atoms with van der Waals surface area (Å²) in [5, 5.41) is 0. The number of aromatic nitrogens is 1. The molecule has 138 valence electrons. The first kappa shape index (κ1) is 22.2. The summed E-state index contributed by atoms with van der Waals surface area (Å²) in [6.45, 7) is 16.9. The summed E-state index contributed by atoms with van der Waals surface area (Å²) >= 11 is 0. The number of nitrogens with zero attached hydrogens (tertiary/aromatic N) is 2. The summed E-state index contributed by atoms with van der Waals surface area (Å²) in [6.07, 6.45) is 3.19. The molecule has 0 fully saturated rings. The molecule has 0 spiro atoms. The van der Waals surface area contributed by atoms with Gasteiger partial charge in [0.05, 0.1) is 6.54 Å². The molecule has 5 nitrogen and oxygen atoms in total. The molecule has 24 heavy (non-hydrogen) atoms. The summed E-state index contributed by atoms with van der Waals surface area (Å²) in [5.74, 6) is 0.608. The van der Waals surface area contributed by atoms with Crippen LogP contribution in [-0.4, -0.2) is 28.1 Å². The van der Waals surface area contributed by atoms with Crippen LogP contribution in [0.4, 0.5) is 10.6 Å². The van der Waals surface area contributed by atoms with Gasteiger partial charge in [0.15, 0.2) is 0 Å². The number of ether oxygens (including phenoxy) is 1. The third-order valence-corrected chi connectivity index (χ3v) is 3.42. The molecule has 0 aliphatic carbocycles. The lowest BCUT2D eigenvalue weighted by atomic mass is 9.95. The predicted octanol–water partition coefficient (Wildman–Crippen LogP) is 4.57. The maximum absolute atomic E-state index is 12.1. The Balaban J connectivity index is 0.00000123. The van der Waals surface area contributed by atoms with Crippen molar-refractivity contribution in [2.24, 2.45) is 0 Å². The summed E-state index contributed by atoms with van der Waals surface area (Å²) in [7, 11) is 0. The summed E-state index contributed by atoms with van der Waals surface area (Å²) < 4.78 is 5.41. The zero-order valence-corrected chi connectivity index (χ0v) is 16.7. The van der Waals surface area contributed by atoms with Crippen LogP contribution in [0.3, 0.4) is 0 Å². The van der Waals surface area contributed by atoms with Crippen LogP contribution in [-0.2, 0) is 24.1 Å². The maximum Gasteiger partial charge on any atom is 0.410 e. The third kappa shape index (κ3) is 6.02. The van der Waals surface area contributed by atoms with Crippen LogP contribution in [0.5, 0.6) is 0 Å². The van der Waals surface area contributed by atoms with Gasteiger partial charge in [0.1, 0.15) is 11.4 Å². The second kappa shape index (κ2) is 10.2. The van der Waals surface area contributed by atoms with Gasteiger partial charge >= 0.3 is 6.09 Å². The van der Waals surface area contributed by atoms with Gasteiger partial charge in [0.25, 0.3) is 0 Å². The molecule has 2 heterocycles. The summed E-state index contributed by atoms with van der Waals surface area (Å²) in [5.41, 5.74) is 8.89. The fraction of sp³-hybridized carbons (Fsp3) is 0.684. The van der Waals surface area contributed by atoms with Crippen molar-refractivity contribution in [2.45, 2.75) is 80.4 Å². The highest BCUT2D eigenvalue weighted by Crippen LogP contribution is 2.26. The molecule has 1 aromatic heterocycles. The number of pyridine rings is 1. The number of hydrogen-bond acceptors (Lipinski definition) is 4. The highest BCUT2D eigenvalue weighted by atomic mass is 16.6. The Morgan fingerprint density at radius 3 is 2.38 bits per heavy atom. The van der Waals surface area contributed by atoms with Gasteiger partial charge < -0.3 is 15.4 Å². The lowest BCUT2D eigenvalue weighted by molar-refractivity contribution is 0.0223. The molecule has 0 unspecified atom stereocenters. The highest BCUT2D eigenvalue weighted by molar-refractivity contribution is 5.69. The SMILES string of the molecule is CC.CC.CCc1c(N)ncc2c1CCN(C(=O)OC(C)(C)C)C2. The zero-order valence-electron chi connectivity index (χ0n) is 16.7. The number of amides is 1. The second-order valence-corrected chi connectivity index (χ2v) is 6.13. The predicted molar refractivity (Wildman–Crippen MR) is 101 cm³/mol. The first-order valence-corrected chi connectivity index (χ1v) is 9.05. The molecule has 1 aliphatic rings. The standard InChI is InChI=1S/C15H23N3O2.2C2H6/c1-5-11-12-6-7-18(14(19)20-15(2,3)4)9-10(12)8-17-13(11)16;2*1-2/h8H,5-7,9H2,1-4H3,(H2,16,17);2*1-2H3. The number of rotatable bonds is 1. The molecule has 0 aromatic carbocycles. The zero-order chi connectivity index (χ0) is 18.9. The van der Waals surface area contributed by atoms with E-state index in [0.29, 0.717) is 18.9 Å². The Kier molecular flexibility index (Phi) is 9.41. The van der Waals surface area contributed by atoms with E-state index >= 15 is 0 Å². The quantitative estimate of drug-likeness (QED) is 0.815. The Morgan fingerprint density at radius 1 is 1.29 bits per heavy atom. The van der Waals surface area contributed by atoms with Crippen LogP contribution in [0.25, 0.3) is 0 Å². The highest BCUT2D eigenvalue weighted by Gasteiger charge is 2.27. The van der Waals surface area contributed by atoms with Gasteiger partial charge in [-0.2, -0.15) is 0 Å². The number of nitrogen functional groups attached to an aromatic ring is 1. The Morgan fingerprint density at radius 2 is 1.88 bits per heavy atom. The maximum atomic E-state index is 12.1. The minimum absolute atomic E-state index is 0.266. The van der Waals surface area contributed by atoms with Crippen molar-refractivity contribution in [3.63, 3.8) is 0 Å². The first-order chi connectivity index (χ1) is 11.3. The van der Waals surface area contributed by atoms with Crippen molar-refractivity contribution < 1.29 is 9.53 Å². The number of carbonyl (C=O) groups is 1. The van der Waals surface area contributed by atoms with Gasteiger partial charge in [-0.05, 0) is 50.3 Å². The molecule has 5 heteroatoms. The van der Waals surface area contributed by atoms with Crippen molar-refractivity contribution in [1.29, 1.82) is 0 Å².